The van der Waals surface area contributed by atoms with Gasteiger partial charge in [-0.25, -0.2) is 4.79 Å². The van der Waals surface area contributed by atoms with Crippen LogP contribution >= 0.6 is 15.9 Å². The second kappa shape index (κ2) is 7.57. The van der Waals surface area contributed by atoms with Crippen molar-refractivity contribution in [1.29, 1.82) is 0 Å². The first kappa shape index (κ1) is 17.3. The molecule has 1 aliphatic rings. The fourth-order valence-corrected chi connectivity index (χ4v) is 2.81. The molecule has 0 aromatic heterocycles. The van der Waals surface area contributed by atoms with E-state index in [1.54, 1.807) is 36.4 Å². The van der Waals surface area contributed by atoms with Crippen molar-refractivity contribution >= 4 is 33.5 Å². The van der Waals surface area contributed by atoms with Gasteiger partial charge < -0.3 is 19.5 Å². The van der Waals surface area contributed by atoms with Gasteiger partial charge in [-0.3, -0.25) is 4.79 Å². The SMILES string of the molecule is CC(=O)Nc1cccc(C(=O)OCc2cc3c(cc2Br)OCCO3)c1. The van der Waals surface area contributed by atoms with Crippen molar-refractivity contribution in [2.45, 2.75) is 13.5 Å². The van der Waals surface area contributed by atoms with Gasteiger partial charge in [0.15, 0.2) is 11.5 Å². The zero-order valence-electron chi connectivity index (χ0n) is 13.5. The number of hydrogen-bond acceptors (Lipinski definition) is 5. The van der Waals surface area contributed by atoms with Crippen LogP contribution in [0.3, 0.4) is 0 Å². The maximum Gasteiger partial charge on any atom is 0.338 e. The summed E-state index contributed by atoms with van der Waals surface area (Å²) in [6.07, 6.45) is 0. The van der Waals surface area contributed by atoms with Gasteiger partial charge in [0.2, 0.25) is 5.91 Å². The highest BCUT2D eigenvalue weighted by atomic mass is 79.9. The van der Waals surface area contributed by atoms with Gasteiger partial charge in [0.25, 0.3) is 0 Å². The van der Waals surface area contributed by atoms with Gasteiger partial charge in [-0.1, -0.05) is 22.0 Å². The normalized spacial score (nSPS) is 12.4. The van der Waals surface area contributed by atoms with Crippen LogP contribution in [0.15, 0.2) is 40.9 Å². The first-order chi connectivity index (χ1) is 12.0. The van der Waals surface area contributed by atoms with Crippen molar-refractivity contribution < 1.29 is 23.8 Å². The number of fused-ring (bicyclic) bond motifs is 1. The van der Waals surface area contributed by atoms with Crippen LogP contribution in [0.1, 0.15) is 22.8 Å². The molecule has 0 atom stereocenters. The summed E-state index contributed by atoms with van der Waals surface area (Å²) in [5.41, 5.74) is 1.68. The molecule has 1 N–H and O–H groups in total. The summed E-state index contributed by atoms with van der Waals surface area (Å²) in [6.45, 7) is 2.49. The molecule has 1 amide bonds. The molecule has 2 aromatic rings. The number of nitrogens with one attached hydrogen (secondary N) is 1. The van der Waals surface area contributed by atoms with E-state index in [0.29, 0.717) is 36.0 Å². The van der Waals surface area contributed by atoms with Crippen LogP contribution in [-0.4, -0.2) is 25.1 Å². The molecular weight excluding hydrogens is 390 g/mol. The Hall–Kier alpha value is -2.54. The molecule has 130 valence electrons. The van der Waals surface area contributed by atoms with E-state index in [9.17, 15) is 9.59 Å². The molecule has 0 spiro atoms. The smallest absolute Gasteiger partial charge is 0.338 e. The molecule has 0 radical (unpaired) electrons. The molecule has 1 heterocycles. The highest BCUT2D eigenvalue weighted by Crippen LogP contribution is 2.35. The molecule has 7 heteroatoms. The first-order valence-electron chi connectivity index (χ1n) is 7.66. The van der Waals surface area contributed by atoms with Gasteiger partial charge in [0.1, 0.15) is 19.8 Å². The molecule has 0 bridgehead atoms. The van der Waals surface area contributed by atoms with E-state index < -0.39 is 5.97 Å². The van der Waals surface area contributed by atoms with Crippen LogP contribution in [0.5, 0.6) is 11.5 Å². The molecule has 0 saturated heterocycles. The predicted octanol–water partition coefficient (Wildman–Crippen LogP) is 3.54. The van der Waals surface area contributed by atoms with Crippen molar-refractivity contribution in [3.63, 3.8) is 0 Å². The summed E-state index contributed by atoms with van der Waals surface area (Å²) < 4.78 is 17.2. The minimum absolute atomic E-state index is 0.0838. The topological polar surface area (TPSA) is 73.9 Å². The lowest BCUT2D eigenvalue weighted by atomic mass is 10.2. The van der Waals surface area contributed by atoms with E-state index in [0.717, 1.165) is 10.0 Å². The molecule has 6 nitrogen and oxygen atoms in total. The van der Waals surface area contributed by atoms with Gasteiger partial charge in [0, 0.05) is 22.6 Å². The standard InChI is InChI=1S/C18H16BrNO5/c1-11(21)20-14-4-2-3-12(7-14)18(22)25-10-13-8-16-17(9-15(13)19)24-6-5-23-16/h2-4,7-9H,5-6,10H2,1H3,(H,20,21). The summed E-state index contributed by atoms with van der Waals surface area (Å²) >= 11 is 3.45. The molecule has 3 rings (SSSR count). The molecule has 1 aliphatic heterocycles. The van der Waals surface area contributed by atoms with Crippen LogP contribution in [-0.2, 0) is 16.1 Å². The molecular formula is C18H16BrNO5. The van der Waals surface area contributed by atoms with Crippen LogP contribution in [0.4, 0.5) is 5.69 Å². The summed E-state index contributed by atoms with van der Waals surface area (Å²) in [6, 6.07) is 10.2. The summed E-state index contributed by atoms with van der Waals surface area (Å²) in [5, 5.41) is 2.63. The highest BCUT2D eigenvalue weighted by Gasteiger charge is 2.16. The molecule has 25 heavy (non-hydrogen) atoms. The lowest BCUT2D eigenvalue weighted by Gasteiger charge is -2.19. The largest absolute Gasteiger partial charge is 0.486 e. The number of esters is 1. The first-order valence-corrected chi connectivity index (χ1v) is 8.45. The fourth-order valence-electron chi connectivity index (χ4n) is 2.37. The third kappa shape index (κ3) is 4.30. The molecule has 0 saturated carbocycles. The minimum atomic E-state index is -0.478. The lowest BCUT2D eigenvalue weighted by molar-refractivity contribution is -0.114. The van der Waals surface area contributed by atoms with E-state index in [2.05, 4.69) is 21.2 Å². The second-order valence-corrected chi connectivity index (χ2v) is 6.28. The monoisotopic (exact) mass is 405 g/mol. The Bertz CT molecular complexity index is 821. The number of amides is 1. The van der Waals surface area contributed by atoms with E-state index in [1.165, 1.54) is 6.92 Å². The lowest BCUT2D eigenvalue weighted by Crippen LogP contribution is -2.16. The zero-order chi connectivity index (χ0) is 17.8. The Labute approximate surface area is 153 Å². The average molecular weight is 406 g/mol. The minimum Gasteiger partial charge on any atom is -0.486 e. The number of halogens is 1. The number of rotatable bonds is 4. The fraction of sp³-hybridized carbons (Fsp3) is 0.222. The third-order valence-electron chi connectivity index (χ3n) is 3.49. The Morgan fingerprint density at radius 2 is 1.88 bits per heavy atom. The maximum absolute atomic E-state index is 12.2. The van der Waals surface area contributed by atoms with Crippen LogP contribution in [0.2, 0.25) is 0 Å². The predicted molar refractivity (Wildman–Crippen MR) is 95.0 cm³/mol. The number of anilines is 1. The molecule has 0 aliphatic carbocycles. The Balaban J connectivity index is 1.69. The van der Waals surface area contributed by atoms with Gasteiger partial charge in [-0.05, 0) is 30.3 Å². The van der Waals surface area contributed by atoms with Gasteiger partial charge in [-0.2, -0.15) is 0 Å². The van der Waals surface area contributed by atoms with Crippen LogP contribution in [0.25, 0.3) is 0 Å². The summed E-state index contributed by atoms with van der Waals surface area (Å²) in [5.74, 6) is 0.615. The summed E-state index contributed by atoms with van der Waals surface area (Å²) in [4.78, 5) is 23.4. The maximum atomic E-state index is 12.2. The van der Waals surface area contributed by atoms with Crippen LogP contribution < -0.4 is 14.8 Å². The number of ether oxygens (including phenoxy) is 3. The van der Waals surface area contributed by atoms with E-state index in [1.807, 2.05) is 0 Å². The van der Waals surface area contributed by atoms with E-state index >= 15 is 0 Å². The molecule has 2 aromatic carbocycles. The highest BCUT2D eigenvalue weighted by molar-refractivity contribution is 9.10. The van der Waals surface area contributed by atoms with Crippen molar-refractivity contribution in [3.8, 4) is 11.5 Å². The second-order valence-electron chi connectivity index (χ2n) is 5.43. The number of carbonyl (C=O) groups is 2. The third-order valence-corrected chi connectivity index (χ3v) is 4.23. The van der Waals surface area contributed by atoms with Gasteiger partial charge in [0.05, 0.1) is 5.56 Å². The average Bonchev–Trinajstić information content (AvgIpc) is 2.59. The quantitative estimate of drug-likeness (QED) is 0.787. The van der Waals surface area contributed by atoms with Crippen molar-refractivity contribution in [1.82, 2.24) is 0 Å². The van der Waals surface area contributed by atoms with Crippen molar-refractivity contribution in [3.05, 3.63) is 52.0 Å². The van der Waals surface area contributed by atoms with E-state index in [4.69, 9.17) is 14.2 Å². The number of hydrogen-bond donors (Lipinski definition) is 1. The number of benzene rings is 2. The molecule has 0 fully saturated rings. The Kier molecular flexibility index (Phi) is 5.23. The van der Waals surface area contributed by atoms with Gasteiger partial charge in [-0.15, -0.1) is 0 Å². The van der Waals surface area contributed by atoms with Gasteiger partial charge >= 0.3 is 5.97 Å². The van der Waals surface area contributed by atoms with Crippen molar-refractivity contribution in [2.75, 3.05) is 18.5 Å². The van der Waals surface area contributed by atoms with Crippen molar-refractivity contribution in [2.24, 2.45) is 0 Å². The summed E-state index contributed by atoms with van der Waals surface area (Å²) in [7, 11) is 0. The number of carbonyl (C=O) groups excluding carboxylic acids is 2. The van der Waals surface area contributed by atoms with Crippen LogP contribution in [0, 0.1) is 0 Å². The Morgan fingerprint density at radius 1 is 1.16 bits per heavy atom. The van der Waals surface area contributed by atoms with E-state index in [-0.39, 0.29) is 12.5 Å². The molecule has 0 unspecified atom stereocenters. The Morgan fingerprint density at radius 3 is 2.60 bits per heavy atom. The zero-order valence-corrected chi connectivity index (χ0v) is 15.1.